The van der Waals surface area contributed by atoms with Crippen molar-refractivity contribution in [1.29, 1.82) is 0 Å². The van der Waals surface area contributed by atoms with Crippen molar-refractivity contribution in [1.82, 2.24) is 9.80 Å². The van der Waals surface area contributed by atoms with E-state index in [4.69, 9.17) is 5.11 Å². The highest BCUT2D eigenvalue weighted by Crippen LogP contribution is 2.26. The van der Waals surface area contributed by atoms with Gasteiger partial charge in [-0.15, -0.1) is 0 Å². The Kier molecular flexibility index (Phi) is 4.54. The molecular weight excluding hydrogens is 293 g/mol. The summed E-state index contributed by atoms with van der Waals surface area (Å²) >= 11 is 0. The zero-order valence-corrected chi connectivity index (χ0v) is 11.9. The molecule has 0 saturated carbocycles. The number of nitrogens with zero attached hydrogens (tertiary/aromatic N) is 2. The van der Waals surface area contributed by atoms with Crippen LogP contribution in [-0.2, 0) is 14.4 Å². The molecule has 6 nitrogen and oxygen atoms in total. The van der Waals surface area contributed by atoms with E-state index in [1.807, 2.05) is 0 Å². The van der Waals surface area contributed by atoms with Gasteiger partial charge in [0, 0.05) is 20.0 Å². The molecule has 1 aliphatic rings. The van der Waals surface area contributed by atoms with Gasteiger partial charge in [-0.3, -0.25) is 9.59 Å². The van der Waals surface area contributed by atoms with E-state index in [9.17, 15) is 27.6 Å². The number of carboxylic acids is 1. The van der Waals surface area contributed by atoms with Crippen LogP contribution in [0.3, 0.4) is 0 Å². The van der Waals surface area contributed by atoms with Gasteiger partial charge in [-0.05, 0) is 13.8 Å². The van der Waals surface area contributed by atoms with Crippen molar-refractivity contribution in [2.45, 2.75) is 32.0 Å². The van der Waals surface area contributed by atoms with Crippen LogP contribution < -0.4 is 0 Å². The van der Waals surface area contributed by atoms with Crippen LogP contribution in [-0.4, -0.2) is 64.5 Å². The van der Waals surface area contributed by atoms with Crippen molar-refractivity contribution in [2.24, 2.45) is 5.92 Å². The standard InChI is InChI=1S/C12H17F3N2O4/c1-11(2,10(20)21)16(3)9(19)7-4-8(18)17(5-7)6-12(13,14)15/h7H,4-6H2,1-3H3,(H,20,21). The normalized spacial score (nSPS) is 19.8. The van der Waals surface area contributed by atoms with Crippen molar-refractivity contribution in [2.75, 3.05) is 20.1 Å². The van der Waals surface area contributed by atoms with Crippen LogP contribution in [0, 0.1) is 5.92 Å². The average molecular weight is 310 g/mol. The molecule has 0 aromatic rings. The first kappa shape index (κ1) is 17.3. The van der Waals surface area contributed by atoms with E-state index >= 15 is 0 Å². The van der Waals surface area contributed by atoms with E-state index in [2.05, 4.69) is 0 Å². The lowest BCUT2D eigenvalue weighted by atomic mass is 10.00. The van der Waals surface area contributed by atoms with Crippen LogP contribution in [0.5, 0.6) is 0 Å². The minimum atomic E-state index is -4.53. The molecule has 0 aromatic carbocycles. The molecular formula is C12H17F3N2O4. The topological polar surface area (TPSA) is 77.9 Å². The summed E-state index contributed by atoms with van der Waals surface area (Å²) < 4.78 is 36.9. The third kappa shape index (κ3) is 3.85. The van der Waals surface area contributed by atoms with Crippen LogP contribution in [0.25, 0.3) is 0 Å². The van der Waals surface area contributed by atoms with E-state index in [0.29, 0.717) is 4.90 Å². The zero-order valence-electron chi connectivity index (χ0n) is 11.9. The first-order valence-corrected chi connectivity index (χ1v) is 6.22. The molecule has 0 aromatic heterocycles. The highest BCUT2D eigenvalue weighted by Gasteiger charge is 2.44. The number of amides is 2. The number of halogens is 3. The van der Waals surface area contributed by atoms with Gasteiger partial charge in [0.2, 0.25) is 11.8 Å². The molecule has 1 rings (SSSR count). The number of likely N-dealkylation sites (tertiary alicyclic amines) is 1. The number of carbonyl (C=O) groups excluding carboxylic acids is 2. The maximum absolute atomic E-state index is 12.3. The number of alkyl halides is 3. The Balaban J connectivity index is 2.78. The molecule has 0 spiro atoms. The molecule has 9 heteroatoms. The maximum atomic E-state index is 12.3. The van der Waals surface area contributed by atoms with E-state index in [0.717, 1.165) is 4.90 Å². The highest BCUT2D eigenvalue weighted by molar-refractivity contribution is 5.92. The summed E-state index contributed by atoms with van der Waals surface area (Å²) in [6, 6.07) is 0. The van der Waals surface area contributed by atoms with Crippen LogP contribution in [0.1, 0.15) is 20.3 Å². The molecule has 1 unspecified atom stereocenters. The molecule has 1 N–H and O–H groups in total. The smallest absolute Gasteiger partial charge is 0.406 e. The van der Waals surface area contributed by atoms with Crippen molar-refractivity contribution < 1.29 is 32.7 Å². The number of carbonyl (C=O) groups is 3. The SMILES string of the molecule is CN(C(=O)C1CC(=O)N(CC(F)(F)F)C1)C(C)(C)C(=O)O. The molecule has 0 aliphatic carbocycles. The number of hydrogen-bond acceptors (Lipinski definition) is 3. The predicted octanol–water partition coefficient (Wildman–Crippen LogP) is 0.719. The van der Waals surface area contributed by atoms with Gasteiger partial charge < -0.3 is 14.9 Å². The average Bonchev–Trinajstić information content (AvgIpc) is 2.66. The summed E-state index contributed by atoms with van der Waals surface area (Å²) in [6.07, 6.45) is -4.87. The summed E-state index contributed by atoms with van der Waals surface area (Å²) in [4.78, 5) is 36.3. The molecule has 2 amide bonds. The number of aliphatic carboxylic acids is 1. The second-order valence-electron chi connectivity index (χ2n) is 5.55. The fraction of sp³-hybridized carbons (Fsp3) is 0.750. The van der Waals surface area contributed by atoms with Gasteiger partial charge >= 0.3 is 12.1 Å². The Bertz CT molecular complexity index is 462. The van der Waals surface area contributed by atoms with E-state index < -0.39 is 42.0 Å². The van der Waals surface area contributed by atoms with Crippen molar-refractivity contribution in [3.8, 4) is 0 Å². The van der Waals surface area contributed by atoms with Crippen LogP contribution in [0.15, 0.2) is 0 Å². The van der Waals surface area contributed by atoms with Gasteiger partial charge in [-0.2, -0.15) is 13.2 Å². The van der Waals surface area contributed by atoms with E-state index in [1.54, 1.807) is 0 Å². The van der Waals surface area contributed by atoms with Gasteiger partial charge in [0.15, 0.2) is 0 Å². The van der Waals surface area contributed by atoms with Crippen molar-refractivity contribution in [3.05, 3.63) is 0 Å². The minimum absolute atomic E-state index is 0.338. The molecule has 21 heavy (non-hydrogen) atoms. The van der Waals surface area contributed by atoms with Crippen molar-refractivity contribution >= 4 is 17.8 Å². The van der Waals surface area contributed by atoms with Crippen LogP contribution in [0.2, 0.25) is 0 Å². The third-order valence-electron chi connectivity index (χ3n) is 3.63. The first-order valence-electron chi connectivity index (χ1n) is 6.22. The Morgan fingerprint density at radius 2 is 1.90 bits per heavy atom. The zero-order chi connectivity index (χ0) is 16.6. The number of likely N-dealkylation sites (N-methyl/N-ethyl adjacent to an activating group) is 1. The summed E-state index contributed by atoms with van der Waals surface area (Å²) in [5.74, 6) is -3.61. The fourth-order valence-electron chi connectivity index (χ4n) is 2.00. The lowest BCUT2D eigenvalue weighted by Crippen LogP contribution is -2.52. The summed E-state index contributed by atoms with van der Waals surface area (Å²) in [5, 5.41) is 9.04. The Morgan fingerprint density at radius 1 is 1.38 bits per heavy atom. The molecule has 1 saturated heterocycles. The summed E-state index contributed by atoms with van der Waals surface area (Å²) in [6.45, 7) is 0.855. The van der Waals surface area contributed by atoms with Gasteiger partial charge in [-0.25, -0.2) is 4.79 Å². The Labute approximate surface area is 119 Å². The predicted molar refractivity (Wildman–Crippen MR) is 65.2 cm³/mol. The molecule has 1 fully saturated rings. The molecule has 1 aliphatic heterocycles. The van der Waals surface area contributed by atoms with Gasteiger partial charge in [0.25, 0.3) is 0 Å². The van der Waals surface area contributed by atoms with Crippen LogP contribution in [0.4, 0.5) is 13.2 Å². The van der Waals surface area contributed by atoms with E-state index in [-0.39, 0.29) is 13.0 Å². The third-order valence-corrected chi connectivity index (χ3v) is 3.63. The molecule has 0 bridgehead atoms. The molecule has 0 radical (unpaired) electrons. The Morgan fingerprint density at radius 3 is 2.33 bits per heavy atom. The molecule has 120 valence electrons. The number of rotatable bonds is 4. The second kappa shape index (κ2) is 5.53. The summed E-state index contributed by atoms with van der Waals surface area (Å²) in [7, 11) is 1.26. The first-order chi connectivity index (χ1) is 9.36. The van der Waals surface area contributed by atoms with Crippen LogP contribution >= 0.6 is 0 Å². The second-order valence-corrected chi connectivity index (χ2v) is 5.55. The maximum Gasteiger partial charge on any atom is 0.406 e. The number of carboxylic acid groups (broad SMARTS) is 1. The monoisotopic (exact) mass is 310 g/mol. The van der Waals surface area contributed by atoms with Gasteiger partial charge in [0.05, 0.1) is 5.92 Å². The summed E-state index contributed by atoms with van der Waals surface area (Å²) in [5.41, 5.74) is -1.50. The van der Waals surface area contributed by atoms with Gasteiger partial charge in [0.1, 0.15) is 12.1 Å². The fourth-order valence-corrected chi connectivity index (χ4v) is 2.00. The van der Waals surface area contributed by atoms with E-state index in [1.165, 1.54) is 20.9 Å². The van der Waals surface area contributed by atoms with Crippen molar-refractivity contribution in [3.63, 3.8) is 0 Å². The highest BCUT2D eigenvalue weighted by atomic mass is 19.4. The number of hydrogen-bond donors (Lipinski definition) is 1. The quantitative estimate of drug-likeness (QED) is 0.830. The lowest BCUT2D eigenvalue weighted by Gasteiger charge is -2.33. The minimum Gasteiger partial charge on any atom is -0.480 e. The lowest BCUT2D eigenvalue weighted by molar-refractivity contribution is -0.158. The largest absolute Gasteiger partial charge is 0.480 e. The molecule has 1 heterocycles. The Hall–Kier alpha value is -1.80. The van der Waals surface area contributed by atoms with Gasteiger partial charge in [-0.1, -0.05) is 0 Å². The molecule has 1 atom stereocenters.